The lowest BCUT2D eigenvalue weighted by Crippen LogP contribution is -2.40. The highest BCUT2D eigenvalue weighted by Gasteiger charge is 2.22. The standard InChI is InChI=1S/C17H16F2N2O2/c1-12(22)21(17-14(18)8-5-9-15(17)19)11-16(23)20-10-13-6-3-2-4-7-13/h2-9H,10-11H2,1H3,(H,20,23). The molecule has 0 saturated carbocycles. The summed E-state index contributed by atoms with van der Waals surface area (Å²) in [5, 5.41) is 2.62. The number of carbonyl (C=O) groups excluding carboxylic acids is 2. The van der Waals surface area contributed by atoms with E-state index in [4.69, 9.17) is 0 Å². The Labute approximate surface area is 132 Å². The van der Waals surface area contributed by atoms with Gasteiger partial charge in [-0.1, -0.05) is 36.4 Å². The normalized spacial score (nSPS) is 10.2. The van der Waals surface area contributed by atoms with Crippen molar-refractivity contribution in [1.29, 1.82) is 0 Å². The number of nitrogens with zero attached hydrogens (tertiary/aromatic N) is 1. The lowest BCUT2D eigenvalue weighted by Gasteiger charge is -2.21. The molecule has 0 heterocycles. The molecule has 120 valence electrons. The van der Waals surface area contributed by atoms with E-state index in [1.807, 2.05) is 30.3 Å². The highest BCUT2D eigenvalue weighted by atomic mass is 19.1. The van der Waals surface area contributed by atoms with Gasteiger partial charge < -0.3 is 5.32 Å². The van der Waals surface area contributed by atoms with E-state index in [0.29, 0.717) is 0 Å². The quantitative estimate of drug-likeness (QED) is 0.921. The van der Waals surface area contributed by atoms with Crippen molar-refractivity contribution in [3.05, 3.63) is 65.7 Å². The third-order valence-corrected chi connectivity index (χ3v) is 3.22. The number of para-hydroxylation sites is 1. The minimum absolute atomic E-state index is 0.269. The summed E-state index contributed by atoms with van der Waals surface area (Å²) in [5.41, 5.74) is 0.363. The van der Waals surface area contributed by atoms with Gasteiger partial charge in [0.15, 0.2) is 0 Å². The van der Waals surface area contributed by atoms with E-state index in [1.165, 1.54) is 6.07 Å². The van der Waals surface area contributed by atoms with Crippen molar-refractivity contribution in [2.24, 2.45) is 0 Å². The number of halogens is 2. The van der Waals surface area contributed by atoms with Crippen LogP contribution in [0, 0.1) is 11.6 Å². The molecule has 6 heteroatoms. The fourth-order valence-corrected chi connectivity index (χ4v) is 2.09. The molecule has 1 N–H and O–H groups in total. The van der Waals surface area contributed by atoms with Gasteiger partial charge in [0.25, 0.3) is 0 Å². The van der Waals surface area contributed by atoms with Crippen LogP contribution in [0.4, 0.5) is 14.5 Å². The van der Waals surface area contributed by atoms with E-state index in [1.54, 1.807) is 0 Å². The molecule has 0 bridgehead atoms. The van der Waals surface area contributed by atoms with Crippen LogP contribution in [0.1, 0.15) is 12.5 Å². The Morgan fingerprint density at radius 3 is 2.17 bits per heavy atom. The molecule has 4 nitrogen and oxygen atoms in total. The summed E-state index contributed by atoms with van der Waals surface area (Å²) in [6.45, 7) is 0.960. The average molecular weight is 318 g/mol. The van der Waals surface area contributed by atoms with Gasteiger partial charge in [0.2, 0.25) is 11.8 Å². The summed E-state index contributed by atoms with van der Waals surface area (Å²) >= 11 is 0. The van der Waals surface area contributed by atoms with Crippen LogP contribution in [0.2, 0.25) is 0 Å². The average Bonchev–Trinajstić information content (AvgIpc) is 2.52. The third kappa shape index (κ3) is 4.35. The number of hydrogen-bond acceptors (Lipinski definition) is 2. The van der Waals surface area contributed by atoms with Crippen molar-refractivity contribution in [3.63, 3.8) is 0 Å². The molecule has 2 aromatic carbocycles. The lowest BCUT2D eigenvalue weighted by molar-refractivity contribution is -0.123. The lowest BCUT2D eigenvalue weighted by atomic mass is 10.2. The summed E-state index contributed by atoms with van der Waals surface area (Å²) in [4.78, 5) is 24.4. The largest absolute Gasteiger partial charge is 0.350 e. The van der Waals surface area contributed by atoms with Crippen molar-refractivity contribution in [1.82, 2.24) is 5.32 Å². The van der Waals surface area contributed by atoms with E-state index in [0.717, 1.165) is 29.5 Å². The van der Waals surface area contributed by atoms with Crippen LogP contribution < -0.4 is 10.2 Å². The van der Waals surface area contributed by atoms with Crippen LogP contribution in [-0.4, -0.2) is 18.4 Å². The molecule has 0 aromatic heterocycles. The maximum absolute atomic E-state index is 13.8. The molecule has 0 saturated heterocycles. The molecule has 2 rings (SSSR count). The Morgan fingerprint density at radius 2 is 1.61 bits per heavy atom. The van der Waals surface area contributed by atoms with Crippen molar-refractivity contribution in [2.75, 3.05) is 11.4 Å². The van der Waals surface area contributed by atoms with Crippen LogP contribution in [-0.2, 0) is 16.1 Å². The first-order valence-corrected chi connectivity index (χ1v) is 7.02. The Hall–Kier alpha value is -2.76. The minimum atomic E-state index is -0.893. The number of carbonyl (C=O) groups is 2. The fourth-order valence-electron chi connectivity index (χ4n) is 2.09. The highest BCUT2D eigenvalue weighted by molar-refractivity contribution is 5.97. The number of benzene rings is 2. The van der Waals surface area contributed by atoms with Crippen LogP contribution in [0.15, 0.2) is 48.5 Å². The summed E-state index contributed by atoms with van der Waals surface area (Å²) in [6, 6.07) is 12.5. The maximum atomic E-state index is 13.8. The predicted octanol–water partition coefficient (Wildman–Crippen LogP) is 2.63. The van der Waals surface area contributed by atoms with Gasteiger partial charge in [-0.2, -0.15) is 0 Å². The number of hydrogen-bond donors (Lipinski definition) is 1. The predicted molar refractivity (Wildman–Crippen MR) is 82.7 cm³/mol. The molecule has 0 unspecified atom stereocenters. The monoisotopic (exact) mass is 318 g/mol. The van der Waals surface area contributed by atoms with Gasteiger partial charge in [0.05, 0.1) is 0 Å². The first kappa shape index (κ1) is 16.6. The van der Waals surface area contributed by atoms with E-state index in [-0.39, 0.29) is 6.54 Å². The molecule has 0 spiro atoms. The van der Waals surface area contributed by atoms with E-state index in [2.05, 4.69) is 5.32 Å². The van der Waals surface area contributed by atoms with Crippen LogP contribution in [0.25, 0.3) is 0 Å². The SMILES string of the molecule is CC(=O)N(CC(=O)NCc1ccccc1)c1c(F)cccc1F. The molecule has 2 aromatic rings. The zero-order valence-corrected chi connectivity index (χ0v) is 12.6. The highest BCUT2D eigenvalue weighted by Crippen LogP contribution is 2.23. The van der Waals surface area contributed by atoms with Gasteiger partial charge >= 0.3 is 0 Å². The van der Waals surface area contributed by atoms with Gasteiger partial charge in [0.1, 0.15) is 23.9 Å². The summed E-state index contributed by atoms with van der Waals surface area (Å²) < 4.78 is 27.6. The molecule has 0 aliphatic carbocycles. The Bertz CT molecular complexity index is 685. The zero-order valence-electron chi connectivity index (χ0n) is 12.6. The second-order valence-corrected chi connectivity index (χ2v) is 4.94. The molecule has 23 heavy (non-hydrogen) atoms. The summed E-state index contributed by atoms with van der Waals surface area (Å²) in [5.74, 6) is -2.91. The molecule has 0 atom stereocenters. The van der Waals surface area contributed by atoms with Gasteiger partial charge in [0, 0.05) is 13.5 Å². The molecular weight excluding hydrogens is 302 g/mol. The zero-order chi connectivity index (χ0) is 16.8. The first-order valence-electron chi connectivity index (χ1n) is 7.02. The van der Waals surface area contributed by atoms with E-state index in [9.17, 15) is 18.4 Å². The van der Waals surface area contributed by atoms with E-state index >= 15 is 0 Å². The number of anilines is 1. The van der Waals surface area contributed by atoms with Gasteiger partial charge in [-0.3, -0.25) is 14.5 Å². The topological polar surface area (TPSA) is 49.4 Å². The Morgan fingerprint density at radius 1 is 1.00 bits per heavy atom. The van der Waals surface area contributed by atoms with Gasteiger partial charge in [-0.15, -0.1) is 0 Å². The fraction of sp³-hybridized carbons (Fsp3) is 0.176. The smallest absolute Gasteiger partial charge is 0.240 e. The summed E-state index contributed by atoms with van der Waals surface area (Å²) in [6.07, 6.45) is 0. The van der Waals surface area contributed by atoms with Crippen molar-refractivity contribution in [3.8, 4) is 0 Å². The van der Waals surface area contributed by atoms with Gasteiger partial charge in [-0.25, -0.2) is 8.78 Å². The van der Waals surface area contributed by atoms with Crippen LogP contribution in [0.3, 0.4) is 0 Å². The third-order valence-electron chi connectivity index (χ3n) is 3.22. The van der Waals surface area contributed by atoms with Crippen LogP contribution in [0.5, 0.6) is 0 Å². The number of amides is 2. The van der Waals surface area contributed by atoms with Crippen molar-refractivity contribution >= 4 is 17.5 Å². The number of rotatable bonds is 5. The minimum Gasteiger partial charge on any atom is -0.350 e. The molecule has 0 fully saturated rings. The molecule has 0 aliphatic rings. The van der Waals surface area contributed by atoms with Crippen molar-refractivity contribution in [2.45, 2.75) is 13.5 Å². The van der Waals surface area contributed by atoms with Crippen LogP contribution >= 0.6 is 0 Å². The molecule has 2 amide bonds. The summed E-state index contributed by atoms with van der Waals surface area (Å²) in [7, 11) is 0. The van der Waals surface area contributed by atoms with Gasteiger partial charge in [-0.05, 0) is 17.7 Å². The number of nitrogens with one attached hydrogen (secondary N) is 1. The molecule has 0 radical (unpaired) electrons. The maximum Gasteiger partial charge on any atom is 0.240 e. The Balaban J connectivity index is 2.08. The van der Waals surface area contributed by atoms with Crippen molar-refractivity contribution < 1.29 is 18.4 Å². The second kappa shape index (κ2) is 7.49. The second-order valence-electron chi connectivity index (χ2n) is 4.94. The Kier molecular flexibility index (Phi) is 5.41. The molecule has 0 aliphatic heterocycles. The first-order chi connectivity index (χ1) is 11.0. The molecular formula is C17H16F2N2O2. The van der Waals surface area contributed by atoms with E-state index < -0.39 is 35.7 Å².